The molecule has 0 spiro atoms. The topological polar surface area (TPSA) is 177 Å². The Kier molecular flexibility index (Phi) is 77.0. The largest absolute Gasteiger partial charge is 3.00 e. The fourth-order valence-corrected chi connectivity index (χ4v) is 19.3. The quantitative estimate of drug-likeness (QED) is 0.0259. The van der Waals surface area contributed by atoms with E-state index < -0.39 is 41.2 Å². The van der Waals surface area contributed by atoms with Crippen LogP contribution in [0.5, 0.6) is 0 Å². The van der Waals surface area contributed by atoms with Gasteiger partial charge in [0, 0.05) is 0 Å². The first kappa shape index (κ1) is 91.5. The molecule has 0 aromatic rings. The van der Waals surface area contributed by atoms with Crippen molar-refractivity contribution in [1.29, 1.82) is 0 Å². The first-order chi connectivity index (χ1) is 35.2. The fourth-order valence-electron chi connectivity index (χ4n) is 9.78. The van der Waals surface area contributed by atoms with Gasteiger partial charge in [0.1, 0.15) is 0 Å². The summed E-state index contributed by atoms with van der Waals surface area (Å²) in [7, 11) is -20.6. The van der Waals surface area contributed by atoms with Crippen LogP contribution in [0.25, 0.3) is 0 Å². The third-order valence-corrected chi connectivity index (χ3v) is 25.1. The molecular weight excluding hydrogens is 1570 g/mol. The van der Waals surface area contributed by atoms with E-state index in [-0.39, 0.29) is 189 Å². The van der Waals surface area contributed by atoms with E-state index in [2.05, 4.69) is 39.8 Å². The van der Waals surface area contributed by atoms with E-state index in [0.29, 0.717) is 38.5 Å². The molecule has 6 atom stereocenters. The van der Waals surface area contributed by atoms with E-state index in [1.165, 1.54) is 128 Å². The van der Waals surface area contributed by atoms with Gasteiger partial charge in [-0.05, 0) is 51.4 Å². The predicted molar refractivity (Wildman–Crippen MR) is 313 cm³/mol. The van der Waals surface area contributed by atoms with E-state index in [1.807, 2.05) is 0 Å². The van der Waals surface area contributed by atoms with Gasteiger partial charge < -0.3 is 28.6 Å². The molecule has 0 aliphatic carbocycles. The first-order valence-electron chi connectivity index (χ1n) is 31.2. The van der Waals surface area contributed by atoms with Crippen molar-refractivity contribution in [2.75, 3.05) is 13.2 Å². The van der Waals surface area contributed by atoms with E-state index in [9.17, 15) is 37.8 Å². The summed E-state index contributed by atoms with van der Waals surface area (Å²) in [6, 6.07) is 0. The second-order valence-electron chi connectivity index (χ2n) is 21.7. The van der Waals surface area contributed by atoms with Crippen LogP contribution in [0.4, 0.5) is 0 Å². The summed E-state index contributed by atoms with van der Waals surface area (Å²) in [5.41, 5.74) is 0. The van der Waals surface area contributed by atoms with Gasteiger partial charge in [-0.2, -0.15) is 0 Å². The molecule has 0 aromatic carbocycles. The number of hydrogen-bond acceptors (Lipinski definition) is 7. The Morgan fingerprint density at radius 2 is 0.481 bits per heavy atom. The maximum Gasteiger partial charge on any atom is 3.00 e. The van der Waals surface area contributed by atoms with Gasteiger partial charge in [0.05, 0.1) is 13.2 Å². The minimum atomic E-state index is -5.41. The molecule has 0 saturated heterocycles. The Hall–Kier alpha value is 5.78. The molecule has 77 heavy (non-hydrogen) atoms. The zero-order valence-corrected chi connectivity index (χ0v) is 66.5. The molecule has 0 aromatic heterocycles. The molecular formula is C58H120Nd4O11P4+12. The molecule has 0 amide bonds. The zero-order chi connectivity index (χ0) is 54.0. The normalized spacial score (nSPS) is 15.5. The average Bonchev–Trinajstić information content (AvgIpc) is 3.34. The molecule has 0 aliphatic rings. The van der Waals surface area contributed by atoms with Gasteiger partial charge in [-0.15, -0.1) is 0 Å². The molecule has 19 heteroatoms. The molecule has 0 heterocycles. The summed E-state index contributed by atoms with van der Waals surface area (Å²) in [5.74, 6) is 0. The monoisotopic (exact) mass is 1680 g/mol. The van der Waals surface area contributed by atoms with Gasteiger partial charge in [0.25, 0.3) is 0 Å². The van der Waals surface area contributed by atoms with Gasteiger partial charge in [0.15, 0.2) is 10.8 Å². The standard InChI is InChI=1S/C58H120O11P4.4Nd/c1-5-9-13-17-21-24-27-29-31-33-35-37-40-44-48-52-56-68-71(61,62)58(54-50-46-42-38-36-34-32-30-28-25-22-18-14-10-6-2)73(65,66)69-72(63,64)57(53-49-45-41-20-16-12-8-4)70(59,60)67-55-51-47-43-39-26-23-19-15-11-7-3;;;;/h29,31,57-58H,5-28,30,32-56H2,1-4H3,(H,59,60)(H,61,62)(H,63,64)(H,65,66);;;;/q;4*+3/b31-29-;;;;. The number of hydrogen-bond donors (Lipinski definition) is 4. The molecule has 4 radical (unpaired) electrons. The van der Waals surface area contributed by atoms with Crippen molar-refractivity contribution in [2.24, 2.45) is 0 Å². The summed E-state index contributed by atoms with van der Waals surface area (Å²) in [6.45, 7) is 8.60. The minimum absolute atomic E-state index is 0. The Labute approximate surface area is 607 Å². The number of allylic oxidation sites excluding steroid dienone is 2. The Morgan fingerprint density at radius 3 is 0.714 bits per heavy atom. The minimum Gasteiger partial charge on any atom is -0.324 e. The van der Waals surface area contributed by atoms with Crippen molar-refractivity contribution in [3.05, 3.63) is 12.2 Å². The van der Waals surface area contributed by atoms with Crippen LogP contribution < -0.4 is 0 Å². The van der Waals surface area contributed by atoms with Gasteiger partial charge in [-0.1, -0.05) is 297 Å². The van der Waals surface area contributed by atoms with E-state index in [0.717, 1.165) is 128 Å². The molecule has 4 N–H and O–H groups in total. The summed E-state index contributed by atoms with van der Waals surface area (Å²) in [4.78, 5) is 45.8. The average molecular weight is 1690 g/mol. The first-order valence-corrected chi connectivity index (χ1v) is 37.8. The second-order valence-corrected chi connectivity index (χ2v) is 30.7. The van der Waals surface area contributed by atoms with Gasteiger partial charge in [-0.25, -0.2) is 4.31 Å². The molecule has 0 rings (SSSR count). The Bertz CT molecular complexity index is 1450. The van der Waals surface area contributed by atoms with Crippen LogP contribution >= 0.6 is 30.4 Å². The molecule has 0 bridgehead atoms. The van der Waals surface area contributed by atoms with Crippen molar-refractivity contribution in [1.82, 2.24) is 0 Å². The van der Waals surface area contributed by atoms with E-state index >= 15 is 0 Å². The second kappa shape index (κ2) is 64.8. The van der Waals surface area contributed by atoms with Crippen LogP contribution in [0.2, 0.25) is 0 Å². The molecule has 0 aliphatic heterocycles. The summed E-state index contributed by atoms with van der Waals surface area (Å²) in [5, 5.41) is -3.97. The molecule has 0 fully saturated rings. The van der Waals surface area contributed by atoms with Crippen molar-refractivity contribution >= 4 is 30.4 Å². The Morgan fingerprint density at radius 1 is 0.286 bits per heavy atom. The fraction of sp³-hybridized carbons (Fsp3) is 0.966. The van der Waals surface area contributed by atoms with Crippen LogP contribution in [-0.4, -0.2) is 43.6 Å². The molecule has 11 nitrogen and oxygen atoms in total. The van der Waals surface area contributed by atoms with Crippen molar-refractivity contribution in [3.63, 3.8) is 0 Å². The maximum absolute atomic E-state index is 14.3. The van der Waals surface area contributed by atoms with Crippen LogP contribution in [0.1, 0.15) is 336 Å². The predicted octanol–water partition coefficient (Wildman–Crippen LogP) is 21.8. The van der Waals surface area contributed by atoms with E-state index in [4.69, 9.17) is 13.4 Å². The number of unbranched alkanes of at least 4 members (excludes halogenated alkanes) is 41. The van der Waals surface area contributed by atoms with E-state index in [1.54, 1.807) is 0 Å². The third-order valence-electron chi connectivity index (χ3n) is 14.6. The molecule has 0 saturated carbocycles. The molecule has 6 unspecified atom stereocenters. The smallest absolute Gasteiger partial charge is 0.324 e. The van der Waals surface area contributed by atoms with Crippen molar-refractivity contribution in [2.45, 2.75) is 347 Å². The third kappa shape index (κ3) is 56.7. The number of rotatable bonds is 59. The maximum atomic E-state index is 14.3. The summed E-state index contributed by atoms with van der Waals surface area (Å²) >= 11 is 0. The Balaban J connectivity index is -0.00000432. The van der Waals surface area contributed by atoms with Crippen LogP contribution in [0.3, 0.4) is 0 Å². The van der Waals surface area contributed by atoms with Crippen molar-refractivity contribution in [3.8, 4) is 0 Å². The van der Waals surface area contributed by atoms with Crippen molar-refractivity contribution < 1.29 is 215 Å². The zero-order valence-electron chi connectivity index (χ0n) is 50.1. The summed E-state index contributed by atoms with van der Waals surface area (Å²) in [6.07, 6.45) is 52.8. The SMILES string of the molecule is CCCCCCCC/C=C\CCCCCCCCOP(=O)(O)C(CCCCCCCCCCCCCCCCC)P(=O)(O)OP(=O)(O)C(CCCCCCCCC)P(=O)(O)OCCCCCCCCCCCC.[Nd+3].[Nd+3].[Nd+3].[Nd+3]. The summed E-state index contributed by atoms with van der Waals surface area (Å²) < 4.78 is 72.7. The van der Waals surface area contributed by atoms with Gasteiger partial charge in [0.2, 0.25) is 0 Å². The van der Waals surface area contributed by atoms with Crippen LogP contribution in [0.15, 0.2) is 12.2 Å². The van der Waals surface area contributed by atoms with Gasteiger partial charge in [-0.3, -0.25) is 18.3 Å². The molecule has 442 valence electrons. The van der Waals surface area contributed by atoms with Crippen LogP contribution in [0, 0.1) is 163 Å². The van der Waals surface area contributed by atoms with Gasteiger partial charge >= 0.3 is 194 Å². The van der Waals surface area contributed by atoms with Crippen LogP contribution in [-0.2, 0) is 31.6 Å².